The minimum atomic E-state index is -4.61. The van der Waals surface area contributed by atoms with E-state index in [2.05, 4.69) is 30.4 Å². The van der Waals surface area contributed by atoms with Gasteiger partial charge < -0.3 is 25.0 Å². The van der Waals surface area contributed by atoms with Gasteiger partial charge in [-0.3, -0.25) is 9.69 Å². The number of aromatic nitrogens is 2. The third kappa shape index (κ3) is 6.44. The fourth-order valence-electron chi connectivity index (χ4n) is 6.73. The van der Waals surface area contributed by atoms with Crippen molar-refractivity contribution < 1.29 is 27.4 Å². The molecule has 2 N–H and O–H groups in total. The summed E-state index contributed by atoms with van der Waals surface area (Å²) in [5, 5.41) is 5.95. The number of amides is 1. The lowest BCUT2D eigenvalue weighted by molar-refractivity contribution is -0.138. The Labute approximate surface area is 261 Å². The molecule has 6 rings (SSSR count). The van der Waals surface area contributed by atoms with Crippen molar-refractivity contribution in [3.63, 3.8) is 0 Å². The SMILES string of the molecule is COc1cc(N2CCC(N3CCOCC3)CC2)ccc1Nc1ncc(C(F)(F)F)c(CCc2cccc3c2C(C)(C)C(=O)N3)n1. The molecule has 4 heterocycles. The number of anilines is 4. The van der Waals surface area contributed by atoms with E-state index < -0.39 is 17.2 Å². The van der Waals surface area contributed by atoms with Crippen LogP contribution in [0.4, 0.5) is 36.2 Å². The van der Waals surface area contributed by atoms with Crippen LogP contribution >= 0.6 is 0 Å². The van der Waals surface area contributed by atoms with Gasteiger partial charge >= 0.3 is 6.18 Å². The number of alkyl halides is 3. The molecule has 45 heavy (non-hydrogen) atoms. The molecule has 1 aromatic heterocycles. The van der Waals surface area contributed by atoms with Gasteiger partial charge in [-0.25, -0.2) is 9.97 Å². The monoisotopic (exact) mass is 624 g/mol. The smallest absolute Gasteiger partial charge is 0.419 e. The summed E-state index contributed by atoms with van der Waals surface area (Å²) < 4.78 is 53.2. The lowest BCUT2D eigenvalue weighted by Crippen LogP contribution is -2.49. The number of methoxy groups -OCH3 is 1. The number of nitrogens with one attached hydrogen (secondary N) is 2. The van der Waals surface area contributed by atoms with Crippen molar-refractivity contribution in [1.29, 1.82) is 0 Å². The molecule has 240 valence electrons. The van der Waals surface area contributed by atoms with Gasteiger partial charge in [0.1, 0.15) is 5.75 Å². The Morgan fingerprint density at radius 1 is 1.09 bits per heavy atom. The molecule has 0 unspecified atom stereocenters. The molecular weight excluding hydrogens is 585 g/mol. The lowest BCUT2D eigenvalue weighted by Gasteiger charge is -2.40. The van der Waals surface area contributed by atoms with E-state index in [4.69, 9.17) is 9.47 Å². The first-order valence-electron chi connectivity index (χ1n) is 15.4. The molecule has 9 nitrogen and oxygen atoms in total. The first-order valence-corrected chi connectivity index (χ1v) is 15.4. The molecule has 3 aliphatic heterocycles. The van der Waals surface area contributed by atoms with E-state index >= 15 is 0 Å². The number of carbonyl (C=O) groups is 1. The van der Waals surface area contributed by atoms with Crippen molar-refractivity contribution >= 4 is 28.9 Å². The minimum absolute atomic E-state index is 0.0171. The van der Waals surface area contributed by atoms with E-state index in [0.717, 1.165) is 75.2 Å². The number of ether oxygens (including phenoxy) is 2. The lowest BCUT2D eigenvalue weighted by atomic mass is 9.82. The first-order chi connectivity index (χ1) is 21.5. The summed E-state index contributed by atoms with van der Waals surface area (Å²) in [5.41, 5.74) is 2.12. The minimum Gasteiger partial charge on any atom is -0.494 e. The Balaban J connectivity index is 1.18. The van der Waals surface area contributed by atoms with Gasteiger partial charge in [-0.05, 0) is 68.9 Å². The predicted octanol–water partition coefficient (Wildman–Crippen LogP) is 5.56. The second-order valence-corrected chi connectivity index (χ2v) is 12.3. The molecule has 2 aromatic carbocycles. The maximum absolute atomic E-state index is 14.0. The number of carbonyl (C=O) groups excluding carboxylic acids is 1. The fourth-order valence-corrected chi connectivity index (χ4v) is 6.73. The van der Waals surface area contributed by atoms with Gasteiger partial charge in [0.05, 0.1) is 42.7 Å². The van der Waals surface area contributed by atoms with Gasteiger partial charge in [-0.2, -0.15) is 13.2 Å². The van der Waals surface area contributed by atoms with Crippen LogP contribution in [0.5, 0.6) is 5.75 Å². The predicted molar refractivity (Wildman–Crippen MR) is 166 cm³/mol. The normalized spacial score (nSPS) is 18.9. The van der Waals surface area contributed by atoms with Crippen molar-refractivity contribution in [1.82, 2.24) is 14.9 Å². The highest BCUT2D eigenvalue weighted by molar-refractivity contribution is 6.06. The summed E-state index contributed by atoms with van der Waals surface area (Å²) in [7, 11) is 1.56. The summed E-state index contributed by atoms with van der Waals surface area (Å²) in [4.78, 5) is 25.7. The summed E-state index contributed by atoms with van der Waals surface area (Å²) in [6.07, 6.45) is -1.35. The molecule has 3 aliphatic rings. The van der Waals surface area contributed by atoms with Gasteiger partial charge in [-0.15, -0.1) is 0 Å². The summed E-state index contributed by atoms with van der Waals surface area (Å²) in [5.74, 6) is 0.463. The van der Waals surface area contributed by atoms with E-state index in [1.54, 1.807) is 13.2 Å². The standard InChI is InChI=1S/C33H39F3N6O3/c1-32(2)29-21(5-4-6-27(29)38-30(32)43)7-9-25-24(33(34,35)36)20-37-31(39-25)40-26-10-8-23(19-28(26)44-3)41-13-11-22(12-14-41)42-15-17-45-18-16-42/h4-6,8,10,19-20,22H,7,9,11-18H2,1-3H3,(H,38,43)(H,37,39,40). The highest BCUT2D eigenvalue weighted by atomic mass is 19.4. The topological polar surface area (TPSA) is 91.9 Å². The van der Waals surface area contributed by atoms with Crippen molar-refractivity contribution in [2.24, 2.45) is 0 Å². The molecule has 3 aromatic rings. The highest BCUT2D eigenvalue weighted by Gasteiger charge is 2.40. The molecule has 2 saturated heterocycles. The molecule has 0 bridgehead atoms. The second kappa shape index (κ2) is 12.5. The number of piperidine rings is 1. The summed E-state index contributed by atoms with van der Waals surface area (Å²) >= 11 is 0. The summed E-state index contributed by atoms with van der Waals surface area (Å²) in [6.45, 7) is 9.04. The number of rotatable bonds is 8. The van der Waals surface area contributed by atoms with E-state index in [1.807, 2.05) is 44.2 Å². The zero-order chi connectivity index (χ0) is 31.8. The van der Waals surface area contributed by atoms with Crippen LogP contribution in [0.2, 0.25) is 0 Å². The van der Waals surface area contributed by atoms with Crippen LogP contribution in [0, 0.1) is 0 Å². The summed E-state index contributed by atoms with van der Waals surface area (Å²) in [6, 6.07) is 11.8. The van der Waals surface area contributed by atoms with Crippen LogP contribution in [0.25, 0.3) is 0 Å². The van der Waals surface area contributed by atoms with E-state index in [1.165, 1.54) is 0 Å². The van der Waals surface area contributed by atoms with E-state index in [-0.39, 0.29) is 30.4 Å². The maximum Gasteiger partial charge on any atom is 0.419 e. The molecule has 0 saturated carbocycles. The number of aryl methyl sites for hydroxylation is 2. The molecule has 0 radical (unpaired) electrons. The van der Waals surface area contributed by atoms with E-state index in [0.29, 0.717) is 23.2 Å². The van der Waals surface area contributed by atoms with Crippen LogP contribution in [0.3, 0.4) is 0 Å². The van der Waals surface area contributed by atoms with Gasteiger partial charge in [0.15, 0.2) is 0 Å². The molecular formula is C33H39F3N6O3. The Bertz CT molecular complexity index is 1550. The van der Waals surface area contributed by atoms with Crippen LogP contribution in [-0.4, -0.2) is 73.3 Å². The van der Waals surface area contributed by atoms with Gasteiger partial charge in [0.25, 0.3) is 0 Å². The maximum atomic E-state index is 14.0. The number of morpholine rings is 1. The number of hydrogen-bond acceptors (Lipinski definition) is 8. The Morgan fingerprint density at radius 2 is 1.84 bits per heavy atom. The molecule has 2 fully saturated rings. The third-order valence-corrected chi connectivity index (χ3v) is 9.22. The van der Waals surface area contributed by atoms with Crippen molar-refractivity contribution in [2.45, 2.75) is 57.2 Å². The average Bonchev–Trinajstić information content (AvgIpc) is 3.28. The average molecular weight is 625 g/mol. The molecule has 1 amide bonds. The van der Waals surface area contributed by atoms with Gasteiger partial charge in [0.2, 0.25) is 11.9 Å². The number of benzene rings is 2. The van der Waals surface area contributed by atoms with Crippen LogP contribution in [0.1, 0.15) is 49.1 Å². The number of halogens is 3. The highest BCUT2D eigenvalue weighted by Crippen LogP contribution is 2.41. The zero-order valence-electron chi connectivity index (χ0n) is 25.8. The quantitative estimate of drug-likeness (QED) is 0.337. The largest absolute Gasteiger partial charge is 0.494 e. The molecule has 0 spiro atoms. The molecule has 12 heteroatoms. The number of hydrogen-bond donors (Lipinski definition) is 2. The molecule has 0 aliphatic carbocycles. The Kier molecular flexibility index (Phi) is 8.62. The number of nitrogens with zero attached hydrogens (tertiary/aromatic N) is 4. The fraction of sp³-hybridized carbons (Fsp3) is 0.485. The van der Waals surface area contributed by atoms with Crippen LogP contribution < -0.4 is 20.3 Å². The van der Waals surface area contributed by atoms with Gasteiger partial charge in [-0.1, -0.05) is 12.1 Å². The third-order valence-electron chi connectivity index (χ3n) is 9.22. The second-order valence-electron chi connectivity index (χ2n) is 12.3. The Hall–Kier alpha value is -3.90. The van der Waals surface area contributed by atoms with Crippen LogP contribution in [0.15, 0.2) is 42.6 Å². The van der Waals surface area contributed by atoms with Gasteiger partial charge in [0, 0.05) is 55.9 Å². The van der Waals surface area contributed by atoms with Crippen LogP contribution in [-0.2, 0) is 34.0 Å². The Morgan fingerprint density at radius 3 is 2.56 bits per heavy atom. The zero-order valence-corrected chi connectivity index (χ0v) is 25.8. The molecule has 0 atom stereocenters. The van der Waals surface area contributed by atoms with Crippen molar-refractivity contribution in [3.8, 4) is 5.75 Å². The first kappa shape index (κ1) is 31.1. The number of fused-ring (bicyclic) bond motifs is 1. The van der Waals surface area contributed by atoms with Crippen molar-refractivity contribution in [2.75, 3.05) is 62.0 Å². The van der Waals surface area contributed by atoms with Crippen molar-refractivity contribution in [3.05, 3.63) is 65.0 Å². The van der Waals surface area contributed by atoms with E-state index in [9.17, 15) is 18.0 Å².